The van der Waals surface area contributed by atoms with Gasteiger partial charge in [0.1, 0.15) is 22.9 Å². The van der Waals surface area contributed by atoms with E-state index in [1.165, 1.54) is 12.1 Å². The number of hydrogen-bond acceptors (Lipinski definition) is 5. The van der Waals surface area contributed by atoms with E-state index in [9.17, 15) is 19.5 Å². The van der Waals surface area contributed by atoms with Crippen molar-refractivity contribution in [1.29, 1.82) is 0 Å². The van der Waals surface area contributed by atoms with Crippen LogP contribution < -0.4 is 16.0 Å². The average Bonchev–Trinajstić information content (AvgIpc) is 2.90. The molecule has 0 aliphatic carbocycles. The van der Waals surface area contributed by atoms with Gasteiger partial charge in [0.25, 0.3) is 0 Å². The number of aromatic hydroxyl groups is 1. The summed E-state index contributed by atoms with van der Waals surface area (Å²) in [5, 5.41) is 20.4. The summed E-state index contributed by atoms with van der Waals surface area (Å²) in [6, 6.07) is 18.7. The van der Waals surface area contributed by atoms with Crippen molar-refractivity contribution in [3.8, 4) is 5.75 Å². The molecule has 0 fully saturated rings. The molecule has 0 unspecified atom stereocenters. The van der Waals surface area contributed by atoms with Gasteiger partial charge in [0, 0.05) is 13.0 Å². The van der Waals surface area contributed by atoms with Gasteiger partial charge in [-0.15, -0.1) is 0 Å². The van der Waals surface area contributed by atoms with Gasteiger partial charge in [-0.2, -0.15) is 0 Å². The van der Waals surface area contributed by atoms with Crippen molar-refractivity contribution in [3.05, 3.63) is 77.9 Å². The molecule has 0 aliphatic rings. The molecule has 8 nitrogen and oxygen atoms in total. The van der Waals surface area contributed by atoms with Crippen molar-refractivity contribution in [3.63, 3.8) is 0 Å². The molecule has 0 saturated carbocycles. The van der Waals surface area contributed by atoms with Crippen LogP contribution in [0.5, 0.6) is 5.75 Å². The first-order valence-electron chi connectivity index (χ1n) is 13.8. The zero-order chi connectivity index (χ0) is 29.3. The molecular formula is C32H41N3O5. The molecule has 0 spiro atoms. The third-order valence-electron chi connectivity index (χ3n) is 6.65. The van der Waals surface area contributed by atoms with Gasteiger partial charge in [0.05, 0.1) is 0 Å². The lowest BCUT2D eigenvalue weighted by atomic mass is 9.89. The number of phenolic OH excluding ortho intramolecular Hbond substituents is 1. The zero-order valence-electron chi connectivity index (χ0n) is 24.0. The first-order chi connectivity index (χ1) is 18.9. The molecule has 3 aromatic carbocycles. The minimum Gasteiger partial charge on any atom is -0.508 e. The number of alkyl carbamates (subject to hydrolysis) is 1. The lowest BCUT2D eigenvalue weighted by Crippen LogP contribution is -2.59. The molecule has 214 valence electrons. The van der Waals surface area contributed by atoms with Crippen molar-refractivity contribution in [2.75, 3.05) is 6.54 Å². The third-order valence-corrected chi connectivity index (χ3v) is 6.65. The quantitative estimate of drug-likeness (QED) is 0.243. The normalized spacial score (nSPS) is 13.6. The monoisotopic (exact) mass is 547 g/mol. The average molecular weight is 548 g/mol. The van der Waals surface area contributed by atoms with Crippen molar-refractivity contribution in [2.45, 2.75) is 77.5 Å². The molecule has 0 radical (unpaired) electrons. The summed E-state index contributed by atoms with van der Waals surface area (Å²) >= 11 is 0. The van der Waals surface area contributed by atoms with Gasteiger partial charge in [-0.05, 0) is 68.1 Å². The van der Waals surface area contributed by atoms with E-state index in [1.807, 2.05) is 42.5 Å². The molecule has 3 aromatic rings. The van der Waals surface area contributed by atoms with Crippen LogP contribution in [0, 0.1) is 0 Å². The van der Waals surface area contributed by atoms with Gasteiger partial charge < -0.3 is 25.8 Å². The first kappa shape index (κ1) is 30.5. The van der Waals surface area contributed by atoms with Gasteiger partial charge in [0.15, 0.2) is 0 Å². The number of carbonyl (C=O) groups is 3. The summed E-state index contributed by atoms with van der Waals surface area (Å²) in [7, 11) is 0. The Labute approximate surface area is 236 Å². The van der Waals surface area contributed by atoms with E-state index >= 15 is 0 Å². The SMILES string of the molecule is CCCCCNC(=O)[C@@](C)(NC(=O)[C@H](Cc1cccc2ccccc12)NC(=O)OC(C)(C)C)c1ccc(O)cc1. The van der Waals surface area contributed by atoms with Crippen LogP contribution in [-0.4, -0.2) is 41.2 Å². The van der Waals surface area contributed by atoms with E-state index in [-0.39, 0.29) is 18.1 Å². The Kier molecular flexibility index (Phi) is 10.2. The molecule has 3 rings (SSSR count). The van der Waals surface area contributed by atoms with E-state index in [2.05, 4.69) is 22.9 Å². The maximum Gasteiger partial charge on any atom is 0.408 e. The molecule has 0 heterocycles. The van der Waals surface area contributed by atoms with Crippen molar-refractivity contribution in [1.82, 2.24) is 16.0 Å². The Balaban J connectivity index is 1.95. The van der Waals surface area contributed by atoms with Crippen molar-refractivity contribution < 1.29 is 24.2 Å². The van der Waals surface area contributed by atoms with Gasteiger partial charge in [-0.3, -0.25) is 9.59 Å². The summed E-state index contributed by atoms with van der Waals surface area (Å²) < 4.78 is 5.46. The van der Waals surface area contributed by atoms with Crippen LogP contribution in [0.4, 0.5) is 4.79 Å². The highest BCUT2D eigenvalue weighted by molar-refractivity contribution is 5.95. The van der Waals surface area contributed by atoms with Crippen LogP contribution in [-0.2, 0) is 26.3 Å². The Hall–Kier alpha value is -4.07. The number of rotatable bonds is 11. The number of fused-ring (bicyclic) bond motifs is 1. The lowest BCUT2D eigenvalue weighted by Gasteiger charge is -2.32. The van der Waals surface area contributed by atoms with Crippen LogP contribution in [0.25, 0.3) is 10.8 Å². The number of amides is 3. The summed E-state index contributed by atoms with van der Waals surface area (Å²) in [6.07, 6.45) is 2.23. The first-order valence-corrected chi connectivity index (χ1v) is 13.8. The fourth-order valence-electron chi connectivity index (χ4n) is 4.49. The molecule has 2 atom stereocenters. The van der Waals surface area contributed by atoms with Gasteiger partial charge in [-0.25, -0.2) is 4.79 Å². The minimum atomic E-state index is -1.47. The standard InChI is InChI=1S/C32H41N3O5/c1-6-7-10-20-33-29(38)32(5,24-16-18-25(36)19-17-24)35-28(37)27(34-30(39)40-31(2,3)4)21-23-14-11-13-22-12-8-9-15-26(22)23/h8-9,11-19,27,36H,6-7,10,20-21H2,1-5H3,(H,33,38)(H,34,39)(H,35,37)/t27-,32-/m0/s1. The molecule has 0 saturated heterocycles. The maximum atomic E-state index is 13.9. The van der Waals surface area contributed by atoms with Crippen LogP contribution in [0.3, 0.4) is 0 Å². The van der Waals surface area contributed by atoms with Crippen LogP contribution in [0.15, 0.2) is 66.7 Å². The Bertz CT molecular complexity index is 1310. The lowest BCUT2D eigenvalue weighted by molar-refractivity contribution is -0.134. The van der Waals surface area contributed by atoms with Gasteiger partial charge in [-0.1, -0.05) is 74.4 Å². The van der Waals surface area contributed by atoms with Crippen LogP contribution in [0.2, 0.25) is 0 Å². The smallest absolute Gasteiger partial charge is 0.408 e. The predicted molar refractivity (Wildman–Crippen MR) is 157 cm³/mol. The summed E-state index contributed by atoms with van der Waals surface area (Å²) in [4.78, 5) is 40.2. The molecule has 8 heteroatoms. The van der Waals surface area contributed by atoms with Gasteiger partial charge in [0.2, 0.25) is 11.8 Å². The molecule has 4 N–H and O–H groups in total. The molecule has 0 aliphatic heterocycles. The Morgan fingerprint density at radius 2 is 1.57 bits per heavy atom. The summed E-state index contributed by atoms with van der Waals surface area (Å²) in [5.74, 6) is -0.886. The number of unbranched alkanes of at least 4 members (excludes halogenated alkanes) is 2. The minimum absolute atomic E-state index is 0.0428. The number of ether oxygens (including phenoxy) is 1. The van der Waals surface area contributed by atoms with Crippen LogP contribution in [0.1, 0.15) is 65.0 Å². The predicted octanol–water partition coefficient (Wildman–Crippen LogP) is 5.32. The van der Waals surface area contributed by atoms with E-state index in [4.69, 9.17) is 4.74 Å². The second-order valence-corrected chi connectivity index (χ2v) is 11.2. The molecule has 0 aromatic heterocycles. The second kappa shape index (κ2) is 13.3. The van der Waals surface area contributed by atoms with E-state index in [1.54, 1.807) is 39.8 Å². The van der Waals surface area contributed by atoms with E-state index in [0.717, 1.165) is 35.6 Å². The fourth-order valence-corrected chi connectivity index (χ4v) is 4.49. The Morgan fingerprint density at radius 1 is 0.900 bits per heavy atom. The van der Waals surface area contributed by atoms with Crippen molar-refractivity contribution in [2.24, 2.45) is 0 Å². The van der Waals surface area contributed by atoms with E-state index < -0.39 is 29.2 Å². The number of carbonyl (C=O) groups excluding carboxylic acids is 3. The van der Waals surface area contributed by atoms with Gasteiger partial charge >= 0.3 is 6.09 Å². The van der Waals surface area contributed by atoms with E-state index in [0.29, 0.717) is 12.1 Å². The highest BCUT2D eigenvalue weighted by atomic mass is 16.6. The molecular weight excluding hydrogens is 506 g/mol. The highest BCUT2D eigenvalue weighted by Gasteiger charge is 2.39. The summed E-state index contributed by atoms with van der Waals surface area (Å²) in [6.45, 7) is 9.41. The second-order valence-electron chi connectivity index (χ2n) is 11.2. The maximum absolute atomic E-state index is 13.9. The number of nitrogens with one attached hydrogen (secondary N) is 3. The molecule has 40 heavy (non-hydrogen) atoms. The van der Waals surface area contributed by atoms with Crippen LogP contribution >= 0.6 is 0 Å². The fraction of sp³-hybridized carbons (Fsp3) is 0.406. The topological polar surface area (TPSA) is 117 Å². The molecule has 3 amide bonds. The summed E-state index contributed by atoms with van der Waals surface area (Å²) in [5.41, 5.74) is -0.870. The molecule has 0 bridgehead atoms. The Morgan fingerprint density at radius 3 is 2.25 bits per heavy atom. The number of phenols is 1. The number of hydrogen-bond donors (Lipinski definition) is 4. The van der Waals surface area contributed by atoms with Crippen molar-refractivity contribution >= 4 is 28.7 Å². The zero-order valence-corrected chi connectivity index (χ0v) is 24.0. The third kappa shape index (κ3) is 8.21. The largest absolute Gasteiger partial charge is 0.508 e. The number of benzene rings is 3. The highest BCUT2D eigenvalue weighted by Crippen LogP contribution is 2.25.